The molecule has 1 aliphatic rings. The SMILES string of the molecule is C/C(N)=C(/C#N)C(=O)COC(=O)c1cccc(S(=O)(=O)N2CCN(c3ccc(F)cc3)CC2)c1. The molecule has 0 bridgehead atoms. The molecule has 0 atom stereocenters. The second-order valence-electron chi connectivity index (χ2n) is 7.56. The smallest absolute Gasteiger partial charge is 0.338 e. The van der Waals surface area contributed by atoms with Crippen molar-refractivity contribution in [3.8, 4) is 6.07 Å². The number of benzene rings is 2. The molecule has 11 heteroatoms. The monoisotopic (exact) mass is 486 g/mol. The summed E-state index contributed by atoms with van der Waals surface area (Å²) in [5, 5.41) is 8.95. The van der Waals surface area contributed by atoms with E-state index in [1.807, 2.05) is 4.90 Å². The Morgan fingerprint density at radius 1 is 1.12 bits per heavy atom. The number of nitrogens with two attached hydrogens (primary N) is 1. The number of nitriles is 1. The Bertz CT molecular complexity index is 1260. The Kier molecular flexibility index (Phi) is 7.65. The molecule has 0 radical (unpaired) electrons. The van der Waals surface area contributed by atoms with Gasteiger partial charge in [0.05, 0.1) is 10.5 Å². The van der Waals surface area contributed by atoms with E-state index in [1.165, 1.54) is 47.6 Å². The van der Waals surface area contributed by atoms with Crippen LogP contribution in [-0.4, -0.2) is 57.3 Å². The van der Waals surface area contributed by atoms with E-state index >= 15 is 0 Å². The lowest BCUT2D eigenvalue weighted by Crippen LogP contribution is -2.48. The third-order valence-corrected chi connectivity index (χ3v) is 7.15. The Morgan fingerprint density at radius 2 is 1.76 bits per heavy atom. The standard InChI is InChI=1S/C23H23FN4O5S/c1-16(26)21(14-25)22(29)15-33-23(30)17-3-2-4-20(13-17)34(31,32)28-11-9-27(10-12-28)19-7-5-18(24)6-8-19/h2-8,13H,9-12,15,26H2,1H3/b21-16+. The van der Waals surface area contributed by atoms with Crippen LogP contribution in [0.4, 0.5) is 10.1 Å². The summed E-state index contributed by atoms with van der Waals surface area (Å²) in [6, 6.07) is 13.0. The third kappa shape index (κ3) is 5.59. The molecule has 0 aliphatic carbocycles. The number of carbonyl (C=O) groups is 2. The van der Waals surface area contributed by atoms with E-state index in [1.54, 1.807) is 18.2 Å². The van der Waals surface area contributed by atoms with Crippen LogP contribution in [0.5, 0.6) is 0 Å². The van der Waals surface area contributed by atoms with Crippen molar-refractivity contribution in [2.75, 3.05) is 37.7 Å². The first kappa shape index (κ1) is 24.9. The van der Waals surface area contributed by atoms with Gasteiger partial charge in [-0.1, -0.05) is 6.07 Å². The number of anilines is 1. The summed E-state index contributed by atoms with van der Waals surface area (Å²) in [5.74, 6) is -2.00. The minimum atomic E-state index is -3.89. The van der Waals surface area contributed by atoms with Crippen molar-refractivity contribution in [1.29, 1.82) is 5.26 Å². The number of hydrogen-bond donors (Lipinski definition) is 1. The van der Waals surface area contributed by atoms with Crippen molar-refractivity contribution in [2.24, 2.45) is 5.73 Å². The molecule has 2 aromatic rings. The number of piperazine rings is 1. The van der Waals surface area contributed by atoms with Crippen LogP contribution < -0.4 is 10.6 Å². The lowest BCUT2D eigenvalue weighted by molar-refractivity contribution is -0.118. The van der Waals surface area contributed by atoms with Crippen LogP contribution in [0.25, 0.3) is 0 Å². The summed E-state index contributed by atoms with van der Waals surface area (Å²) in [6.07, 6.45) is 0. The summed E-state index contributed by atoms with van der Waals surface area (Å²) < 4.78 is 45.6. The van der Waals surface area contributed by atoms with E-state index in [9.17, 15) is 22.4 Å². The van der Waals surface area contributed by atoms with Gasteiger partial charge in [-0.3, -0.25) is 4.79 Å². The highest BCUT2D eigenvalue weighted by atomic mass is 32.2. The molecule has 2 aromatic carbocycles. The van der Waals surface area contributed by atoms with E-state index in [0.29, 0.717) is 13.1 Å². The number of halogens is 1. The van der Waals surface area contributed by atoms with E-state index in [-0.39, 0.29) is 40.6 Å². The average Bonchev–Trinajstić information content (AvgIpc) is 2.83. The number of rotatable bonds is 7. The fraction of sp³-hybridized carbons (Fsp3) is 0.261. The van der Waals surface area contributed by atoms with Crippen molar-refractivity contribution in [2.45, 2.75) is 11.8 Å². The van der Waals surface area contributed by atoms with Gasteiger partial charge in [-0.25, -0.2) is 17.6 Å². The second-order valence-corrected chi connectivity index (χ2v) is 9.50. The molecular weight excluding hydrogens is 463 g/mol. The lowest BCUT2D eigenvalue weighted by atomic mass is 10.1. The lowest BCUT2D eigenvalue weighted by Gasteiger charge is -2.35. The van der Waals surface area contributed by atoms with Crippen LogP contribution >= 0.6 is 0 Å². The van der Waals surface area contributed by atoms with E-state index in [4.69, 9.17) is 15.7 Å². The number of ketones is 1. The van der Waals surface area contributed by atoms with Crippen LogP contribution in [0.3, 0.4) is 0 Å². The fourth-order valence-electron chi connectivity index (χ4n) is 3.43. The van der Waals surface area contributed by atoms with Gasteiger partial charge in [0.2, 0.25) is 15.8 Å². The molecule has 0 spiro atoms. The molecule has 178 valence electrons. The fourth-order valence-corrected chi connectivity index (χ4v) is 4.90. The highest BCUT2D eigenvalue weighted by molar-refractivity contribution is 7.89. The summed E-state index contributed by atoms with van der Waals surface area (Å²) in [6.45, 7) is 1.95. The molecule has 0 unspecified atom stereocenters. The molecule has 0 saturated carbocycles. The van der Waals surface area contributed by atoms with Crippen molar-refractivity contribution in [3.63, 3.8) is 0 Å². The number of nitrogens with zero attached hydrogens (tertiary/aromatic N) is 3. The number of Topliss-reactive ketones (excluding diaryl/α,β-unsaturated/α-hetero) is 1. The van der Waals surface area contributed by atoms with Crippen molar-refractivity contribution in [3.05, 3.63) is 71.2 Å². The van der Waals surface area contributed by atoms with Gasteiger partial charge in [0, 0.05) is 37.6 Å². The molecule has 1 aliphatic heterocycles. The van der Waals surface area contributed by atoms with Crippen molar-refractivity contribution in [1.82, 2.24) is 4.31 Å². The predicted octanol–water partition coefficient (Wildman–Crippen LogP) is 1.82. The first-order valence-corrected chi connectivity index (χ1v) is 11.7. The molecule has 3 rings (SSSR count). The van der Waals surface area contributed by atoms with Crippen molar-refractivity contribution >= 4 is 27.5 Å². The molecule has 1 heterocycles. The van der Waals surface area contributed by atoms with Crippen LogP contribution in [0, 0.1) is 17.1 Å². The summed E-state index contributed by atoms with van der Waals surface area (Å²) in [4.78, 5) is 26.2. The van der Waals surface area contributed by atoms with Crippen molar-refractivity contribution < 1.29 is 27.1 Å². The zero-order valence-corrected chi connectivity index (χ0v) is 19.2. The number of hydrogen-bond acceptors (Lipinski definition) is 8. The average molecular weight is 487 g/mol. The van der Waals surface area contributed by atoms with Gasteiger partial charge in [-0.15, -0.1) is 0 Å². The van der Waals surface area contributed by atoms with Gasteiger partial charge >= 0.3 is 5.97 Å². The maximum absolute atomic E-state index is 13.1. The zero-order chi connectivity index (χ0) is 24.9. The highest BCUT2D eigenvalue weighted by Gasteiger charge is 2.29. The normalized spacial score (nSPS) is 15.3. The summed E-state index contributed by atoms with van der Waals surface area (Å²) in [5.41, 5.74) is 5.92. The van der Waals surface area contributed by atoms with Crippen LogP contribution in [0.15, 0.2) is 64.7 Å². The topological polar surface area (TPSA) is 134 Å². The first-order valence-electron chi connectivity index (χ1n) is 10.3. The van der Waals surface area contributed by atoms with Gasteiger partial charge in [0.1, 0.15) is 17.5 Å². The molecular formula is C23H23FN4O5S. The number of esters is 1. The highest BCUT2D eigenvalue weighted by Crippen LogP contribution is 2.22. The quantitative estimate of drug-likeness (QED) is 0.356. The Labute approximate surface area is 196 Å². The molecule has 34 heavy (non-hydrogen) atoms. The van der Waals surface area contributed by atoms with Gasteiger partial charge < -0.3 is 15.4 Å². The van der Waals surface area contributed by atoms with E-state index in [0.717, 1.165) is 5.69 Å². The molecule has 2 N–H and O–H groups in total. The number of carbonyl (C=O) groups excluding carboxylic acids is 2. The van der Waals surface area contributed by atoms with E-state index in [2.05, 4.69) is 0 Å². The third-order valence-electron chi connectivity index (χ3n) is 5.26. The molecule has 0 aromatic heterocycles. The Hall–Kier alpha value is -3.75. The van der Waals surface area contributed by atoms with Crippen LogP contribution in [0.1, 0.15) is 17.3 Å². The molecule has 0 amide bonds. The first-order chi connectivity index (χ1) is 16.1. The minimum Gasteiger partial charge on any atom is -0.454 e. The van der Waals surface area contributed by atoms with Gasteiger partial charge in [-0.05, 0) is 49.4 Å². The largest absolute Gasteiger partial charge is 0.454 e. The van der Waals surface area contributed by atoms with E-state index < -0.39 is 28.4 Å². The van der Waals surface area contributed by atoms with Gasteiger partial charge in [-0.2, -0.15) is 9.57 Å². The predicted molar refractivity (Wildman–Crippen MR) is 122 cm³/mol. The van der Waals surface area contributed by atoms with Gasteiger partial charge in [0.15, 0.2) is 6.61 Å². The maximum atomic E-state index is 13.1. The summed E-state index contributed by atoms with van der Waals surface area (Å²) >= 11 is 0. The minimum absolute atomic E-state index is 0.0103. The van der Waals surface area contributed by atoms with Gasteiger partial charge in [0.25, 0.3) is 0 Å². The summed E-state index contributed by atoms with van der Waals surface area (Å²) in [7, 11) is -3.89. The Balaban J connectivity index is 1.67. The number of allylic oxidation sites excluding steroid dienone is 1. The number of sulfonamides is 1. The van der Waals surface area contributed by atoms with Crippen LogP contribution in [-0.2, 0) is 19.6 Å². The van der Waals surface area contributed by atoms with Crippen LogP contribution in [0.2, 0.25) is 0 Å². The molecule has 1 fully saturated rings. The maximum Gasteiger partial charge on any atom is 0.338 e. The number of ether oxygens (including phenoxy) is 1. The molecule has 1 saturated heterocycles. The second kappa shape index (κ2) is 10.5. The zero-order valence-electron chi connectivity index (χ0n) is 18.4. The molecule has 9 nitrogen and oxygen atoms in total. The Morgan fingerprint density at radius 3 is 2.35 bits per heavy atom.